The van der Waals surface area contributed by atoms with Gasteiger partial charge in [-0.15, -0.1) is 0 Å². The van der Waals surface area contributed by atoms with Gasteiger partial charge in [-0.2, -0.15) is 0 Å². The van der Waals surface area contributed by atoms with Crippen LogP contribution in [0.15, 0.2) is 54.7 Å². The van der Waals surface area contributed by atoms with Gasteiger partial charge >= 0.3 is 6.03 Å². The van der Waals surface area contributed by atoms with Crippen LogP contribution < -0.4 is 14.8 Å². The van der Waals surface area contributed by atoms with E-state index in [9.17, 15) is 4.79 Å². The van der Waals surface area contributed by atoms with Gasteiger partial charge in [-0.05, 0) is 43.3 Å². The van der Waals surface area contributed by atoms with Gasteiger partial charge in [-0.1, -0.05) is 12.1 Å². The molecule has 3 aromatic rings. The number of nitrogens with zero attached hydrogens (tertiary/aromatic N) is 3. The zero-order valence-corrected chi connectivity index (χ0v) is 16.4. The van der Waals surface area contributed by atoms with E-state index in [0.29, 0.717) is 25.6 Å². The summed E-state index contributed by atoms with van der Waals surface area (Å²) in [7, 11) is 0. The molecular formula is C22H24N4O3. The Morgan fingerprint density at radius 2 is 1.83 bits per heavy atom. The molecule has 4 rings (SSSR count). The highest BCUT2D eigenvalue weighted by Crippen LogP contribution is 2.20. The molecule has 1 aliphatic heterocycles. The van der Waals surface area contributed by atoms with E-state index in [1.807, 2.05) is 60.4 Å². The van der Waals surface area contributed by atoms with Crippen molar-refractivity contribution in [2.24, 2.45) is 0 Å². The quantitative estimate of drug-likeness (QED) is 0.707. The Hall–Kier alpha value is -3.35. The van der Waals surface area contributed by atoms with Crippen molar-refractivity contribution >= 4 is 22.8 Å². The number of amides is 2. The first-order chi connectivity index (χ1) is 14.2. The van der Waals surface area contributed by atoms with Crippen LogP contribution in [0.4, 0.5) is 10.5 Å². The van der Waals surface area contributed by atoms with Gasteiger partial charge in [0.05, 0.1) is 23.8 Å². The van der Waals surface area contributed by atoms with E-state index >= 15 is 0 Å². The second-order valence-corrected chi connectivity index (χ2v) is 6.89. The summed E-state index contributed by atoms with van der Waals surface area (Å²) in [6.45, 7) is 3.83. The lowest BCUT2D eigenvalue weighted by Crippen LogP contribution is -2.43. The molecule has 2 aromatic carbocycles. The zero-order chi connectivity index (χ0) is 20.1. The highest BCUT2D eigenvalue weighted by molar-refractivity contribution is 5.89. The fourth-order valence-corrected chi connectivity index (χ4v) is 3.35. The first-order valence-electron chi connectivity index (χ1n) is 9.88. The Bertz CT molecular complexity index is 969. The number of rotatable bonds is 5. The van der Waals surface area contributed by atoms with Crippen LogP contribution >= 0.6 is 0 Å². The number of fused-ring (bicyclic) bond motifs is 1. The number of anilines is 1. The van der Waals surface area contributed by atoms with Crippen molar-refractivity contribution in [1.29, 1.82) is 0 Å². The van der Waals surface area contributed by atoms with Crippen LogP contribution in [-0.4, -0.2) is 46.7 Å². The lowest BCUT2D eigenvalue weighted by molar-refractivity contribution is 0.111. The van der Waals surface area contributed by atoms with Crippen LogP contribution in [0.1, 0.15) is 19.8 Å². The average Bonchev–Trinajstić information content (AvgIpc) is 2.76. The summed E-state index contributed by atoms with van der Waals surface area (Å²) in [6, 6.07) is 15.0. The number of aromatic nitrogens is 2. The Kier molecular flexibility index (Phi) is 5.74. The summed E-state index contributed by atoms with van der Waals surface area (Å²) in [4.78, 5) is 23.2. The number of ether oxygens (including phenoxy) is 2. The lowest BCUT2D eigenvalue weighted by Gasteiger charge is -2.31. The Labute approximate surface area is 169 Å². The third kappa shape index (κ3) is 4.74. The number of piperidine rings is 1. The molecule has 150 valence electrons. The number of para-hydroxylation sites is 2. The van der Waals surface area contributed by atoms with Crippen molar-refractivity contribution in [3.05, 3.63) is 54.7 Å². The number of carbonyl (C=O) groups is 1. The topological polar surface area (TPSA) is 76.6 Å². The molecular weight excluding hydrogens is 368 g/mol. The molecule has 1 N–H and O–H groups in total. The van der Waals surface area contributed by atoms with Crippen molar-refractivity contribution < 1.29 is 14.3 Å². The normalized spacial score (nSPS) is 14.6. The molecule has 2 heterocycles. The molecule has 1 fully saturated rings. The van der Waals surface area contributed by atoms with Crippen LogP contribution in [0.5, 0.6) is 11.6 Å². The van der Waals surface area contributed by atoms with E-state index in [0.717, 1.165) is 35.3 Å². The summed E-state index contributed by atoms with van der Waals surface area (Å²) >= 11 is 0. The molecule has 0 unspecified atom stereocenters. The number of hydrogen-bond donors (Lipinski definition) is 1. The Morgan fingerprint density at radius 3 is 2.55 bits per heavy atom. The highest BCUT2D eigenvalue weighted by atomic mass is 16.5. The van der Waals surface area contributed by atoms with Gasteiger partial charge in [0.25, 0.3) is 0 Å². The zero-order valence-electron chi connectivity index (χ0n) is 16.4. The maximum Gasteiger partial charge on any atom is 0.321 e. The number of likely N-dealkylation sites (tertiary alicyclic amines) is 1. The van der Waals surface area contributed by atoms with E-state index in [1.165, 1.54) is 0 Å². The van der Waals surface area contributed by atoms with Crippen LogP contribution in [0.25, 0.3) is 11.0 Å². The molecule has 1 saturated heterocycles. The SMILES string of the molecule is CCOc1ccc(NC(=O)N2CCC(Oc3cnc4ccccc4n3)CC2)cc1. The van der Waals surface area contributed by atoms with Crippen LogP contribution in [-0.2, 0) is 0 Å². The van der Waals surface area contributed by atoms with Gasteiger partial charge in [0.2, 0.25) is 5.88 Å². The Morgan fingerprint density at radius 1 is 1.10 bits per heavy atom. The molecule has 0 aliphatic carbocycles. The lowest BCUT2D eigenvalue weighted by atomic mass is 10.1. The van der Waals surface area contributed by atoms with Gasteiger partial charge in [0, 0.05) is 31.6 Å². The van der Waals surface area contributed by atoms with Gasteiger partial charge < -0.3 is 19.7 Å². The van der Waals surface area contributed by atoms with Gasteiger partial charge in [-0.25, -0.2) is 14.8 Å². The number of urea groups is 1. The fourth-order valence-electron chi connectivity index (χ4n) is 3.35. The summed E-state index contributed by atoms with van der Waals surface area (Å²) in [6.07, 6.45) is 3.20. The van der Waals surface area contributed by atoms with E-state index in [-0.39, 0.29) is 12.1 Å². The summed E-state index contributed by atoms with van der Waals surface area (Å²) < 4.78 is 11.4. The van der Waals surface area contributed by atoms with Crippen LogP contribution in [0.3, 0.4) is 0 Å². The minimum atomic E-state index is -0.0990. The summed E-state index contributed by atoms with van der Waals surface area (Å²) in [5, 5.41) is 2.93. The fraction of sp³-hybridized carbons (Fsp3) is 0.318. The van der Waals surface area contributed by atoms with Crippen molar-refractivity contribution in [2.45, 2.75) is 25.9 Å². The first kappa shape index (κ1) is 19.0. The first-order valence-corrected chi connectivity index (χ1v) is 9.88. The molecule has 1 aliphatic rings. The van der Waals surface area contributed by atoms with E-state index in [1.54, 1.807) is 6.20 Å². The maximum atomic E-state index is 12.5. The number of nitrogens with one attached hydrogen (secondary N) is 1. The molecule has 0 atom stereocenters. The van der Waals surface area contributed by atoms with Gasteiger partial charge in [0.15, 0.2) is 0 Å². The minimum absolute atomic E-state index is 0.0278. The smallest absolute Gasteiger partial charge is 0.321 e. The second kappa shape index (κ2) is 8.77. The maximum absolute atomic E-state index is 12.5. The molecule has 1 aromatic heterocycles. The molecule has 0 saturated carbocycles. The number of carbonyl (C=O) groups excluding carboxylic acids is 1. The molecule has 0 spiro atoms. The van der Waals surface area contributed by atoms with Gasteiger partial charge in [-0.3, -0.25) is 0 Å². The van der Waals surface area contributed by atoms with E-state index in [2.05, 4.69) is 15.3 Å². The second-order valence-electron chi connectivity index (χ2n) is 6.89. The van der Waals surface area contributed by atoms with Crippen LogP contribution in [0.2, 0.25) is 0 Å². The van der Waals surface area contributed by atoms with Crippen LogP contribution in [0, 0.1) is 0 Å². The third-order valence-corrected chi connectivity index (χ3v) is 4.86. The van der Waals surface area contributed by atoms with Crippen molar-refractivity contribution in [3.63, 3.8) is 0 Å². The standard InChI is InChI=1S/C22H24N4O3/c1-2-28-17-9-7-16(8-10-17)24-22(27)26-13-11-18(12-14-26)29-21-15-23-19-5-3-4-6-20(19)25-21/h3-10,15,18H,2,11-14H2,1H3,(H,24,27). The molecule has 7 nitrogen and oxygen atoms in total. The summed E-state index contributed by atoms with van der Waals surface area (Å²) in [5.74, 6) is 1.32. The van der Waals surface area contributed by atoms with E-state index in [4.69, 9.17) is 9.47 Å². The van der Waals surface area contributed by atoms with Crippen molar-refractivity contribution in [1.82, 2.24) is 14.9 Å². The van der Waals surface area contributed by atoms with Crippen molar-refractivity contribution in [2.75, 3.05) is 25.0 Å². The highest BCUT2D eigenvalue weighted by Gasteiger charge is 2.24. The third-order valence-electron chi connectivity index (χ3n) is 4.86. The predicted octanol–water partition coefficient (Wildman–Crippen LogP) is 4.10. The Balaban J connectivity index is 1.28. The molecule has 2 amide bonds. The minimum Gasteiger partial charge on any atom is -0.494 e. The predicted molar refractivity (Wildman–Crippen MR) is 111 cm³/mol. The van der Waals surface area contributed by atoms with Gasteiger partial charge in [0.1, 0.15) is 11.9 Å². The average molecular weight is 392 g/mol. The van der Waals surface area contributed by atoms with Crippen molar-refractivity contribution in [3.8, 4) is 11.6 Å². The van der Waals surface area contributed by atoms with E-state index < -0.39 is 0 Å². The largest absolute Gasteiger partial charge is 0.494 e. The molecule has 7 heteroatoms. The monoisotopic (exact) mass is 392 g/mol. The number of hydrogen-bond acceptors (Lipinski definition) is 5. The molecule has 0 bridgehead atoms. The number of benzene rings is 2. The molecule has 29 heavy (non-hydrogen) atoms. The summed E-state index contributed by atoms with van der Waals surface area (Å²) in [5.41, 5.74) is 2.42. The molecule has 0 radical (unpaired) electrons.